The van der Waals surface area contributed by atoms with Gasteiger partial charge in [-0.25, -0.2) is 0 Å². The smallest absolute Gasteiger partial charge is 0.246 e. The summed E-state index contributed by atoms with van der Waals surface area (Å²) in [6.07, 6.45) is 1.89. The van der Waals surface area contributed by atoms with Gasteiger partial charge in [-0.3, -0.25) is 14.5 Å². The van der Waals surface area contributed by atoms with Gasteiger partial charge in [-0.1, -0.05) is 12.1 Å². The Kier molecular flexibility index (Phi) is 7.85. The van der Waals surface area contributed by atoms with E-state index in [-0.39, 0.29) is 24.5 Å². The van der Waals surface area contributed by atoms with Crippen LogP contribution in [0.4, 0.5) is 0 Å². The van der Waals surface area contributed by atoms with Crippen LogP contribution in [0.25, 0.3) is 0 Å². The first kappa shape index (κ1) is 21.5. The van der Waals surface area contributed by atoms with E-state index in [1.807, 2.05) is 29.2 Å². The van der Waals surface area contributed by atoms with Crippen molar-refractivity contribution in [2.75, 3.05) is 46.5 Å². The highest BCUT2D eigenvalue weighted by Crippen LogP contribution is 2.18. The van der Waals surface area contributed by atoms with Crippen LogP contribution in [0, 0.1) is 0 Å². The van der Waals surface area contributed by atoms with Gasteiger partial charge in [0.1, 0.15) is 12.4 Å². The molecule has 8 heteroatoms. The first-order chi connectivity index (χ1) is 14.0. The third-order valence-electron chi connectivity index (χ3n) is 5.33. The first-order valence-electron chi connectivity index (χ1n) is 10.2. The molecule has 3 rings (SSSR count). The summed E-state index contributed by atoms with van der Waals surface area (Å²) >= 11 is 0. The first-order valence-corrected chi connectivity index (χ1v) is 10.2. The molecule has 0 unspecified atom stereocenters. The van der Waals surface area contributed by atoms with Gasteiger partial charge in [-0.2, -0.15) is 0 Å². The fourth-order valence-electron chi connectivity index (χ4n) is 3.85. The molecule has 1 aromatic rings. The Hall–Kier alpha value is -2.16. The summed E-state index contributed by atoms with van der Waals surface area (Å²) in [4.78, 5) is 27.2. The van der Waals surface area contributed by atoms with Crippen molar-refractivity contribution in [3.63, 3.8) is 0 Å². The molecule has 0 radical (unpaired) electrons. The van der Waals surface area contributed by atoms with E-state index >= 15 is 0 Å². The van der Waals surface area contributed by atoms with Crippen LogP contribution in [0.1, 0.15) is 24.8 Å². The lowest BCUT2D eigenvalue weighted by Gasteiger charge is -2.17. The van der Waals surface area contributed by atoms with E-state index in [2.05, 4.69) is 10.2 Å². The molecule has 2 N–H and O–H groups in total. The fraction of sp³-hybridized carbons (Fsp3) is 0.619. The Morgan fingerprint density at radius 1 is 1.28 bits per heavy atom. The van der Waals surface area contributed by atoms with Crippen molar-refractivity contribution in [2.45, 2.75) is 38.0 Å². The van der Waals surface area contributed by atoms with Crippen LogP contribution in [-0.4, -0.2) is 85.4 Å². The second-order valence-electron chi connectivity index (χ2n) is 7.70. The summed E-state index contributed by atoms with van der Waals surface area (Å²) in [5.41, 5.74) is 1.12. The second-order valence-corrected chi connectivity index (χ2v) is 7.70. The summed E-state index contributed by atoms with van der Waals surface area (Å²) in [6, 6.07) is 7.65. The van der Waals surface area contributed by atoms with E-state index in [4.69, 9.17) is 9.47 Å². The van der Waals surface area contributed by atoms with E-state index in [1.165, 1.54) is 7.11 Å². The van der Waals surface area contributed by atoms with E-state index in [0.717, 1.165) is 37.2 Å². The van der Waals surface area contributed by atoms with Crippen LogP contribution < -0.4 is 10.1 Å². The molecule has 29 heavy (non-hydrogen) atoms. The zero-order valence-corrected chi connectivity index (χ0v) is 17.0. The summed E-state index contributed by atoms with van der Waals surface area (Å²) < 4.78 is 10.6. The molecule has 2 aliphatic rings. The Balaban J connectivity index is 1.37. The van der Waals surface area contributed by atoms with Crippen LogP contribution in [0.3, 0.4) is 0 Å². The summed E-state index contributed by atoms with van der Waals surface area (Å²) in [7, 11) is 1.47. The molecule has 0 spiro atoms. The van der Waals surface area contributed by atoms with Crippen molar-refractivity contribution in [1.82, 2.24) is 15.1 Å². The van der Waals surface area contributed by atoms with Gasteiger partial charge in [0.05, 0.1) is 18.8 Å². The largest absolute Gasteiger partial charge is 0.494 e. The molecule has 0 bridgehead atoms. The maximum Gasteiger partial charge on any atom is 0.246 e. The molecule has 2 atom stereocenters. The Morgan fingerprint density at radius 3 is 2.76 bits per heavy atom. The third kappa shape index (κ3) is 6.42. The number of hydrogen-bond donors (Lipinski definition) is 2. The Morgan fingerprint density at radius 2 is 2.07 bits per heavy atom. The number of carbonyl (C=O) groups is 2. The van der Waals surface area contributed by atoms with Gasteiger partial charge < -0.3 is 24.8 Å². The number of nitrogens with one attached hydrogen (secondary N) is 1. The maximum absolute atomic E-state index is 11.6. The zero-order chi connectivity index (χ0) is 20.6. The number of amides is 2. The summed E-state index contributed by atoms with van der Waals surface area (Å²) in [6.45, 7) is 4.04. The fourth-order valence-corrected chi connectivity index (χ4v) is 3.85. The van der Waals surface area contributed by atoms with Gasteiger partial charge in [0, 0.05) is 46.3 Å². The predicted molar refractivity (Wildman–Crippen MR) is 107 cm³/mol. The number of β-amino-alcohol motifs (C(OH)–C–C–N with tert-alkyl or cyclic N) is 1. The highest BCUT2D eigenvalue weighted by Gasteiger charge is 2.32. The normalized spacial score (nSPS) is 22.3. The van der Waals surface area contributed by atoms with Crippen LogP contribution in [0.2, 0.25) is 0 Å². The Bertz CT molecular complexity index is 681. The van der Waals surface area contributed by atoms with Crippen molar-refractivity contribution in [2.24, 2.45) is 0 Å². The minimum Gasteiger partial charge on any atom is -0.494 e. The molecule has 0 saturated carbocycles. The highest BCUT2D eigenvalue weighted by atomic mass is 16.5. The molecule has 2 heterocycles. The van der Waals surface area contributed by atoms with Gasteiger partial charge in [0.2, 0.25) is 11.8 Å². The molecular formula is C21H31N3O5. The van der Waals surface area contributed by atoms with Crippen LogP contribution in [0.5, 0.6) is 5.75 Å². The molecule has 0 aromatic heterocycles. The number of nitrogens with zero attached hydrogens (tertiary/aromatic N) is 2. The number of ether oxygens (including phenoxy) is 2. The molecular weight excluding hydrogens is 374 g/mol. The zero-order valence-electron chi connectivity index (χ0n) is 17.0. The van der Waals surface area contributed by atoms with Crippen LogP contribution in [0.15, 0.2) is 24.3 Å². The van der Waals surface area contributed by atoms with E-state index in [1.54, 1.807) is 0 Å². The second kappa shape index (κ2) is 10.6. The lowest BCUT2D eigenvalue weighted by molar-refractivity contribution is -0.128. The number of hydrogen-bond acceptors (Lipinski definition) is 6. The van der Waals surface area contributed by atoms with E-state index in [9.17, 15) is 14.7 Å². The number of carbonyl (C=O) groups excluding carboxylic acids is 2. The van der Waals surface area contributed by atoms with Crippen molar-refractivity contribution in [1.29, 1.82) is 0 Å². The lowest BCUT2D eigenvalue weighted by Crippen LogP contribution is -2.44. The standard InChI is InChI=1S/C21H31N3O5/c1-28-15-20(26)22-18-13-23(14-19(18)25)12-16-5-7-17(8-6-16)29-11-3-10-24-9-2-4-21(24)27/h5-8,18-19,25H,2-4,9-15H2,1H3,(H,22,26)/t18-,19-/m1/s1. The third-order valence-corrected chi connectivity index (χ3v) is 5.33. The van der Waals surface area contributed by atoms with Gasteiger partial charge >= 0.3 is 0 Å². The van der Waals surface area contributed by atoms with Gasteiger partial charge in [0.25, 0.3) is 0 Å². The van der Waals surface area contributed by atoms with E-state index < -0.39 is 6.10 Å². The summed E-state index contributed by atoms with van der Waals surface area (Å²) in [5.74, 6) is 0.851. The maximum atomic E-state index is 11.6. The molecule has 2 amide bonds. The molecule has 2 fully saturated rings. The highest BCUT2D eigenvalue weighted by molar-refractivity contribution is 5.78. The molecule has 2 saturated heterocycles. The van der Waals surface area contributed by atoms with Gasteiger partial charge in [-0.05, 0) is 30.5 Å². The van der Waals surface area contributed by atoms with Crippen molar-refractivity contribution < 1.29 is 24.2 Å². The number of likely N-dealkylation sites (tertiary alicyclic amines) is 2. The van der Waals surface area contributed by atoms with Crippen molar-refractivity contribution >= 4 is 11.8 Å². The van der Waals surface area contributed by atoms with E-state index in [0.29, 0.717) is 32.7 Å². The van der Waals surface area contributed by atoms with Crippen LogP contribution >= 0.6 is 0 Å². The molecule has 0 aliphatic carbocycles. The Labute approximate surface area is 171 Å². The number of aliphatic hydroxyl groups is 1. The monoisotopic (exact) mass is 405 g/mol. The minimum absolute atomic E-state index is 0.000971. The number of benzene rings is 1. The van der Waals surface area contributed by atoms with Crippen molar-refractivity contribution in [3.05, 3.63) is 29.8 Å². The number of aliphatic hydroxyl groups excluding tert-OH is 1. The topological polar surface area (TPSA) is 91.3 Å². The van der Waals surface area contributed by atoms with Crippen molar-refractivity contribution in [3.8, 4) is 5.75 Å². The van der Waals surface area contributed by atoms with Crippen LogP contribution in [-0.2, 0) is 20.9 Å². The predicted octanol–water partition coefficient (Wildman–Crippen LogP) is 0.386. The molecule has 160 valence electrons. The number of methoxy groups -OCH3 is 1. The minimum atomic E-state index is -0.582. The summed E-state index contributed by atoms with van der Waals surface area (Å²) in [5, 5.41) is 13.0. The molecule has 8 nitrogen and oxygen atoms in total. The molecule has 2 aliphatic heterocycles. The average Bonchev–Trinajstić information content (AvgIpc) is 3.25. The van der Waals surface area contributed by atoms with Gasteiger partial charge in [0.15, 0.2) is 0 Å². The SMILES string of the molecule is COCC(=O)N[C@@H]1CN(Cc2ccc(OCCCN3CCCC3=O)cc2)C[C@H]1O. The van der Waals surface area contributed by atoms with Gasteiger partial charge in [-0.15, -0.1) is 0 Å². The average molecular weight is 405 g/mol. The number of rotatable bonds is 10. The molecule has 1 aromatic carbocycles. The lowest BCUT2D eigenvalue weighted by atomic mass is 10.2. The quantitative estimate of drug-likeness (QED) is 0.547.